The van der Waals surface area contributed by atoms with Crippen LogP contribution in [0.25, 0.3) is 0 Å². The molecule has 0 N–H and O–H groups in total. The van der Waals surface area contributed by atoms with Crippen LogP contribution in [0.3, 0.4) is 0 Å². The molecule has 1 fully saturated rings. The maximum atomic E-state index is 13.1. The summed E-state index contributed by atoms with van der Waals surface area (Å²) in [6, 6.07) is 3.87. The first-order valence-electron chi connectivity index (χ1n) is 8.65. The second kappa shape index (κ2) is 8.93. The van der Waals surface area contributed by atoms with E-state index in [0.717, 1.165) is 24.8 Å². The molecule has 1 aromatic carbocycles. The van der Waals surface area contributed by atoms with Gasteiger partial charge in [-0.3, -0.25) is 0 Å². The van der Waals surface area contributed by atoms with Crippen molar-refractivity contribution in [2.45, 2.75) is 64.7 Å². The summed E-state index contributed by atoms with van der Waals surface area (Å²) in [5.41, 5.74) is 0.570. The van der Waals surface area contributed by atoms with Crippen LogP contribution < -0.4 is 0 Å². The van der Waals surface area contributed by atoms with E-state index in [1.165, 1.54) is 51.0 Å². The number of unbranched alkanes of at least 4 members (excludes halogenated alkanes) is 3. The number of halogens is 2. The molecule has 0 atom stereocenters. The van der Waals surface area contributed by atoms with Gasteiger partial charge in [-0.2, -0.15) is 0 Å². The van der Waals surface area contributed by atoms with Crippen molar-refractivity contribution in [3.05, 3.63) is 35.4 Å². The van der Waals surface area contributed by atoms with Crippen molar-refractivity contribution in [3.8, 4) is 11.8 Å². The van der Waals surface area contributed by atoms with Crippen molar-refractivity contribution in [1.82, 2.24) is 0 Å². The zero-order valence-electron chi connectivity index (χ0n) is 13.5. The zero-order chi connectivity index (χ0) is 15.8. The lowest BCUT2D eigenvalue weighted by molar-refractivity contribution is 0.294. The molecule has 1 aromatic rings. The third kappa shape index (κ3) is 5.44. The third-order valence-electron chi connectivity index (χ3n) is 4.65. The molecule has 0 bridgehead atoms. The Morgan fingerprint density at radius 3 is 2.45 bits per heavy atom. The first-order valence-corrected chi connectivity index (χ1v) is 8.65. The molecule has 2 heteroatoms. The van der Waals surface area contributed by atoms with E-state index in [1.807, 2.05) is 0 Å². The SMILES string of the molecule is CCCCCC[C@H]1CC[C@H](C#Cc2ccc(F)c(F)c2)CC1. The largest absolute Gasteiger partial charge is 0.204 e. The third-order valence-corrected chi connectivity index (χ3v) is 4.65. The molecule has 1 saturated carbocycles. The molecule has 0 heterocycles. The Hall–Kier alpha value is -1.36. The van der Waals surface area contributed by atoms with Gasteiger partial charge in [-0.05, 0) is 49.8 Å². The lowest BCUT2D eigenvalue weighted by atomic mass is 9.80. The summed E-state index contributed by atoms with van der Waals surface area (Å²) in [5.74, 6) is 5.90. The minimum absolute atomic E-state index is 0.417. The molecule has 0 aliphatic heterocycles. The fourth-order valence-corrected chi connectivity index (χ4v) is 3.21. The van der Waals surface area contributed by atoms with E-state index in [-0.39, 0.29) is 0 Å². The number of hydrogen-bond acceptors (Lipinski definition) is 0. The summed E-state index contributed by atoms with van der Waals surface area (Å²) in [7, 11) is 0. The van der Waals surface area contributed by atoms with Gasteiger partial charge in [-0.25, -0.2) is 8.78 Å². The fraction of sp³-hybridized carbons (Fsp3) is 0.600. The van der Waals surface area contributed by atoms with Crippen molar-refractivity contribution < 1.29 is 8.78 Å². The van der Waals surface area contributed by atoms with E-state index in [4.69, 9.17) is 0 Å². The highest BCUT2D eigenvalue weighted by molar-refractivity contribution is 5.35. The van der Waals surface area contributed by atoms with Crippen LogP contribution in [0.2, 0.25) is 0 Å². The van der Waals surface area contributed by atoms with Gasteiger partial charge in [-0.15, -0.1) is 0 Å². The zero-order valence-corrected chi connectivity index (χ0v) is 13.5. The first kappa shape index (κ1) is 17.0. The van der Waals surface area contributed by atoms with E-state index in [0.29, 0.717) is 11.5 Å². The maximum absolute atomic E-state index is 13.1. The highest BCUT2D eigenvalue weighted by Crippen LogP contribution is 2.31. The van der Waals surface area contributed by atoms with Crippen molar-refractivity contribution in [2.24, 2.45) is 11.8 Å². The van der Waals surface area contributed by atoms with Crippen LogP contribution in [-0.2, 0) is 0 Å². The molecule has 0 radical (unpaired) electrons. The lowest BCUT2D eigenvalue weighted by Crippen LogP contribution is -2.13. The Balaban J connectivity index is 1.75. The van der Waals surface area contributed by atoms with Crippen LogP contribution in [0.15, 0.2) is 18.2 Å². The summed E-state index contributed by atoms with van der Waals surface area (Å²) < 4.78 is 26.0. The van der Waals surface area contributed by atoms with E-state index in [2.05, 4.69) is 18.8 Å². The summed E-state index contributed by atoms with van der Waals surface area (Å²) in [5, 5.41) is 0. The molecule has 0 saturated heterocycles. The predicted molar refractivity (Wildman–Crippen MR) is 87.4 cm³/mol. The summed E-state index contributed by atoms with van der Waals surface area (Å²) in [4.78, 5) is 0. The van der Waals surface area contributed by atoms with Crippen LogP contribution in [0.4, 0.5) is 8.78 Å². The Morgan fingerprint density at radius 1 is 1.00 bits per heavy atom. The van der Waals surface area contributed by atoms with E-state index in [1.54, 1.807) is 6.07 Å². The van der Waals surface area contributed by atoms with Crippen LogP contribution in [0, 0.1) is 35.3 Å². The van der Waals surface area contributed by atoms with Crippen LogP contribution >= 0.6 is 0 Å². The second-order valence-electron chi connectivity index (χ2n) is 6.47. The smallest absolute Gasteiger partial charge is 0.160 e. The van der Waals surface area contributed by atoms with Crippen molar-refractivity contribution in [3.63, 3.8) is 0 Å². The monoisotopic (exact) mass is 304 g/mol. The average Bonchev–Trinajstić information content (AvgIpc) is 2.54. The fourth-order valence-electron chi connectivity index (χ4n) is 3.21. The molecular formula is C20H26F2. The Morgan fingerprint density at radius 2 is 1.77 bits per heavy atom. The highest BCUT2D eigenvalue weighted by Gasteiger charge is 2.19. The lowest BCUT2D eigenvalue weighted by Gasteiger charge is -2.25. The second-order valence-corrected chi connectivity index (χ2v) is 6.47. The normalized spacial score (nSPS) is 21.2. The van der Waals surface area contributed by atoms with Gasteiger partial charge in [0.25, 0.3) is 0 Å². The molecule has 22 heavy (non-hydrogen) atoms. The van der Waals surface area contributed by atoms with Crippen LogP contribution in [-0.4, -0.2) is 0 Å². The summed E-state index contributed by atoms with van der Waals surface area (Å²) in [6.45, 7) is 2.25. The van der Waals surface area contributed by atoms with Gasteiger partial charge >= 0.3 is 0 Å². The first-order chi connectivity index (χ1) is 10.7. The molecule has 0 nitrogen and oxygen atoms in total. The topological polar surface area (TPSA) is 0 Å². The number of hydrogen-bond donors (Lipinski definition) is 0. The Bertz CT molecular complexity index is 516. The Kier molecular flexibility index (Phi) is 6.90. The van der Waals surface area contributed by atoms with Crippen LogP contribution in [0.1, 0.15) is 70.3 Å². The predicted octanol–water partition coefficient (Wildman–Crippen LogP) is 6.09. The summed E-state index contributed by atoms with van der Waals surface area (Å²) >= 11 is 0. The quantitative estimate of drug-likeness (QED) is 0.456. The van der Waals surface area contributed by atoms with Gasteiger partial charge in [0.15, 0.2) is 11.6 Å². The molecule has 0 aromatic heterocycles. The van der Waals surface area contributed by atoms with Gasteiger partial charge in [0, 0.05) is 11.5 Å². The van der Waals surface area contributed by atoms with Crippen molar-refractivity contribution >= 4 is 0 Å². The molecule has 2 rings (SSSR count). The van der Waals surface area contributed by atoms with Gasteiger partial charge < -0.3 is 0 Å². The average molecular weight is 304 g/mol. The minimum Gasteiger partial charge on any atom is -0.204 e. The van der Waals surface area contributed by atoms with E-state index in [9.17, 15) is 8.78 Å². The minimum atomic E-state index is -0.817. The van der Waals surface area contributed by atoms with E-state index < -0.39 is 11.6 Å². The molecule has 0 amide bonds. The Labute approximate surface area is 133 Å². The molecular weight excluding hydrogens is 278 g/mol. The molecule has 0 unspecified atom stereocenters. The molecule has 0 spiro atoms. The van der Waals surface area contributed by atoms with Crippen LogP contribution in [0.5, 0.6) is 0 Å². The van der Waals surface area contributed by atoms with Gasteiger partial charge in [0.05, 0.1) is 0 Å². The molecule has 1 aliphatic rings. The van der Waals surface area contributed by atoms with E-state index >= 15 is 0 Å². The molecule has 120 valence electrons. The van der Waals surface area contributed by atoms with Gasteiger partial charge in [0.1, 0.15) is 0 Å². The van der Waals surface area contributed by atoms with Crippen molar-refractivity contribution in [1.29, 1.82) is 0 Å². The standard InChI is InChI=1S/C20H26F2/c1-2-3-4-5-6-16-7-9-17(10-8-16)11-12-18-13-14-19(21)20(22)15-18/h13-17H,2-10H2,1H3/t16-,17-. The molecule has 1 aliphatic carbocycles. The number of benzene rings is 1. The van der Waals surface area contributed by atoms with Gasteiger partial charge in [-0.1, -0.05) is 50.9 Å². The summed E-state index contributed by atoms with van der Waals surface area (Å²) in [6.07, 6.45) is 11.6. The van der Waals surface area contributed by atoms with Crippen molar-refractivity contribution in [2.75, 3.05) is 0 Å². The maximum Gasteiger partial charge on any atom is 0.160 e. The van der Waals surface area contributed by atoms with Gasteiger partial charge in [0.2, 0.25) is 0 Å². The highest BCUT2D eigenvalue weighted by atomic mass is 19.2. The number of rotatable bonds is 5.